The maximum atomic E-state index is 5.46. The summed E-state index contributed by atoms with van der Waals surface area (Å²) in [7, 11) is 3.88. The molecule has 0 aromatic heterocycles. The van der Waals surface area contributed by atoms with E-state index in [0.29, 0.717) is 0 Å². The molecule has 0 atom stereocenters. The molecule has 3 aliphatic rings. The number of nitrogens with zero attached hydrogens (tertiary/aromatic N) is 5. The van der Waals surface area contributed by atoms with Crippen molar-refractivity contribution in [3.8, 4) is 5.75 Å². The van der Waals surface area contributed by atoms with Crippen LogP contribution in [0.4, 0.5) is 5.69 Å². The van der Waals surface area contributed by atoms with Crippen LogP contribution in [0.2, 0.25) is 0 Å². The van der Waals surface area contributed by atoms with Gasteiger partial charge in [-0.1, -0.05) is 6.92 Å². The summed E-state index contributed by atoms with van der Waals surface area (Å²) in [6.45, 7) is 8.37. The molecule has 4 rings (SSSR count). The summed E-state index contributed by atoms with van der Waals surface area (Å²) in [6.07, 6.45) is 1.93. The summed E-state index contributed by atoms with van der Waals surface area (Å²) in [6, 6.07) is 6.14. The topological polar surface area (TPSA) is 43.7 Å². The average Bonchev–Trinajstić information content (AvgIpc) is 2.66. The maximum absolute atomic E-state index is 5.46. The molecule has 3 heterocycles. The average molecular weight is 353 g/mol. The number of piperazine rings is 1. The quantitative estimate of drug-likeness (QED) is 0.819. The highest BCUT2D eigenvalue weighted by molar-refractivity contribution is 6.02. The van der Waals surface area contributed by atoms with Crippen molar-refractivity contribution in [2.24, 2.45) is 10.1 Å². The Hall–Kier alpha value is -2.34. The summed E-state index contributed by atoms with van der Waals surface area (Å²) in [4.78, 5) is 9.73. The lowest BCUT2D eigenvalue weighted by Gasteiger charge is -2.41. The van der Waals surface area contributed by atoms with E-state index in [1.165, 1.54) is 11.3 Å². The van der Waals surface area contributed by atoms with Crippen molar-refractivity contribution >= 4 is 23.1 Å². The molecule has 1 saturated heterocycles. The largest absolute Gasteiger partial charge is 0.497 e. The lowest BCUT2D eigenvalue weighted by molar-refractivity contribution is 0.203. The zero-order valence-electron chi connectivity index (χ0n) is 16.1. The van der Waals surface area contributed by atoms with E-state index >= 15 is 0 Å². The van der Waals surface area contributed by atoms with Crippen LogP contribution in [0.3, 0.4) is 0 Å². The van der Waals surface area contributed by atoms with Crippen molar-refractivity contribution in [1.82, 2.24) is 14.8 Å². The summed E-state index contributed by atoms with van der Waals surface area (Å²) < 4.78 is 5.46. The number of rotatable bonds is 2. The summed E-state index contributed by atoms with van der Waals surface area (Å²) >= 11 is 0. The molecule has 0 amide bonds. The third-order valence-corrected chi connectivity index (χ3v) is 5.37. The van der Waals surface area contributed by atoms with Crippen LogP contribution in [0.25, 0.3) is 5.70 Å². The molecule has 138 valence electrons. The number of fused-ring (bicyclic) bond motifs is 3. The standard InChI is InChI=1S/C20H27N5O/c1-5-15-12-14(2)22-25-19(15)17-13-16(26-4)6-7-18(17)21-20(25)24-10-8-23(3)9-11-24/h6-7,13H,5,8-12H2,1-4H3. The van der Waals surface area contributed by atoms with Gasteiger partial charge in [-0.25, -0.2) is 4.99 Å². The van der Waals surface area contributed by atoms with Crippen molar-refractivity contribution in [2.75, 3.05) is 40.3 Å². The molecule has 26 heavy (non-hydrogen) atoms. The van der Waals surface area contributed by atoms with Gasteiger partial charge in [-0.15, -0.1) is 0 Å². The summed E-state index contributed by atoms with van der Waals surface area (Å²) in [5.41, 5.74) is 5.87. The molecule has 1 aromatic rings. The normalized spacial score (nSPS) is 20.5. The number of allylic oxidation sites excluding steroid dienone is 1. The van der Waals surface area contributed by atoms with Crippen molar-refractivity contribution in [2.45, 2.75) is 26.7 Å². The SMILES string of the molecule is CCC1=C2c3cc(OC)ccc3N=C(N3CCN(C)CC3)N2N=C(C)C1. The number of likely N-dealkylation sites (N-methyl/N-ethyl adjacent to an activating group) is 1. The Kier molecular flexibility index (Phi) is 4.44. The molecule has 6 nitrogen and oxygen atoms in total. The van der Waals surface area contributed by atoms with E-state index in [-0.39, 0.29) is 0 Å². The van der Waals surface area contributed by atoms with Gasteiger partial charge >= 0.3 is 0 Å². The molecule has 3 aliphatic heterocycles. The van der Waals surface area contributed by atoms with Gasteiger partial charge in [-0.05, 0) is 44.2 Å². The molecule has 0 radical (unpaired) electrons. The Bertz CT molecular complexity index is 802. The van der Waals surface area contributed by atoms with Crippen LogP contribution in [0.15, 0.2) is 33.9 Å². The molecular weight excluding hydrogens is 326 g/mol. The van der Waals surface area contributed by atoms with Gasteiger partial charge in [-0.2, -0.15) is 10.1 Å². The zero-order valence-corrected chi connectivity index (χ0v) is 16.1. The van der Waals surface area contributed by atoms with Crippen LogP contribution >= 0.6 is 0 Å². The van der Waals surface area contributed by atoms with Crippen molar-refractivity contribution in [3.05, 3.63) is 29.3 Å². The number of benzene rings is 1. The first kappa shape index (κ1) is 17.1. The molecule has 0 unspecified atom stereocenters. The lowest BCUT2D eigenvalue weighted by Crippen LogP contribution is -2.52. The van der Waals surface area contributed by atoms with Gasteiger partial charge in [0.15, 0.2) is 0 Å². The highest BCUT2D eigenvalue weighted by Gasteiger charge is 2.34. The fourth-order valence-electron chi connectivity index (χ4n) is 3.84. The third-order valence-electron chi connectivity index (χ3n) is 5.37. The van der Waals surface area contributed by atoms with E-state index in [9.17, 15) is 0 Å². The third kappa shape index (κ3) is 2.88. The minimum absolute atomic E-state index is 0.858. The van der Waals surface area contributed by atoms with E-state index in [1.807, 2.05) is 6.07 Å². The molecule has 6 heteroatoms. The predicted octanol–water partition coefficient (Wildman–Crippen LogP) is 3.15. The fraction of sp³-hybridized carbons (Fsp3) is 0.500. The van der Waals surface area contributed by atoms with Crippen molar-refractivity contribution in [3.63, 3.8) is 0 Å². The Balaban J connectivity index is 1.85. The van der Waals surface area contributed by atoms with Gasteiger partial charge in [-0.3, -0.25) is 0 Å². The summed E-state index contributed by atoms with van der Waals surface area (Å²) in [5.74, 6) is 1.81. The second kappa shape index (κ2) is 6.76. The van der Waals surface area contributed by atoms with E-state index in [0.717, 1.165) is 67.7 Å². The van der Waals surface area contributed by atoms with Crippen molar-refractivity contribution in [1.29, 1.82) is 0 Å². The Morgan fingerprint density at radius 3 is 2.62 bits per heavy atom. The second-order valence-corrected chi connectivity index (χ2v) is 7.21. The fourth-order valence-corrected chi connectivity index (χ4v) is 3.84. The van der Waals surface area contributed by atoms with Crippen molar-refractivity contribution < 1.29 is 4.74 Å². The molecule has 0 saturated carbocycles. The predicted molar refractivity (Wildman–Crippen MR) is 106 cm³/mol. The van der Waals surface area contributed by atoms with E-state index in [4.69, 9.17) is 14.8 Å². The number of hydrogen-bond donors (Lipinski definition) is 0. The van der Waals surface area contributed by atoms with Crippen LogP contribution in [0, 0.1) is 0 Å². The minimum Gasteiger partial charge on any atom is -0.497 e. The van der Waals surface area contributed by atoms with Gasteiger partial charge < -0.3 is 14.5 Å². The Labute approximate surface area is 155 Å². The number of methoxy groups -OCH3 is 1. The number of hydrogen-bond acceptors (Lipinski definition) is 6. The Morgan fingerprint density at radius 2 is 1.92 bits per heavy atom. The van der Waals surface area contributed by atoms with Crippen LogP contribution in [0.1, 0.15) is 32.3 Å². The van der Waals surface area contributed by atoms with Gasteiger partial charge in [0.2, 0.25) is 5.96 Å². The zero-order chi connectivity index (χ0) is 18.3. The Morgan fingerprint density at radius 1 is 1.15 bits per heavy atom. The van der Waals surface area contributed by atoms with Gasteiger partial charge in [0, 0.05) is 43.9 Å². The minimum atomic E-state index is 0.858. The van der Waals surface area contributed by atoms with Gasteiger partial charge in [0.25, 0.3) is 0 Å². The van der Waals surface area contributed by atoms with Gasteiger partial charge in [0.1, 0.15) is 5.75 Å². The van der Waals surface area contributed by atoms with E-state index < -0.39 is 0 Å². The monoisotopic (exact) mass is 353 g/mol. The van der Waals surface area contributed by atoms with Crippen LogP contribution < -0.4 is 4.74 Å². The highest BCUT2D eigenvalue weighted by Crippen LogP contribution is 2.42. The lowest BCUT2D eigenvalue weighted by atomic mass is 9.96. The number of ether oxygens (including phenoxy) is 1. The molecule has 0 bridgehead atoms. The van der Waals surface area contributed by atoms with Crippen LogP contribution in [-0.2, 0) is 0 Å². The van der Waals surface area contributed by atoms with Crippen LogP contribution in [0.5, 0.6) is 5.75 Å². The number of guanidine groups is 1. The first-order chi connectivity index (χ1) is 12.6. The maximum Gasteiger partial charge on any atom is 0.227 e. The number of aliphatic imine (C=N–C) groups is 1. The molecule has 1 fully saturated rings. The molecule has 0 aliphatic carbocycles. The highest BCUT2D eigenvalue weighted by atomic mass is 16.5. The molecular formula is C20H27N5O. The molecule has 0 N–H and O–H groups in total. The van der Waals surface area contributed by atoms with Crippen LogP contribution in [-0.4, -0.2) is 66.8 Å². The second-order valence-electron chi connectivity index (χ2n) is 7.21. The van der Waals surface area contributed by atoms with E-state index in [1.54, 1.807) is 7.11 Å². The molecule has 0 spiro atoms. The first-order valence-corrected chi connectivity index (χ1v) is 9.37. The first-order valence-electron chi connectivity index (χ1n) is 9.37. The molecule has 1 aromatic carbocycles. The summed E-state index contributed by atoms with van der Waals surface area (Å²) in [5, 5.41) is 6.97. The smallest absolute Gasteiger partial charge is 0.227 e. The van der Waals surface area contributed by atoms with Gasteiger partial charge in [0.05, 0.1) is 18.5 Å². The number of hydrazone groups is 1. The van der Waals surface area contributed by atoms with E-state index in [2.05, 4.69) is 47.8 Å².